The molecule has 0 radical (unpaired) electrons. The first kappa shape index (κ1) is 12.0. The highest BCUT2D eigenvalue weighted by Crippen LogP contribution is 2.35. The van der Waals surface area contributed by atoms with E-state index in [9.17, 15) is 0 Å². The summed E-state index contributed by atoms with van der Waals surface area (Å²) in [6.07, 6.45) is 1.81. The van der Waals surface area contributed by atoms with Gasteiger partial charge in [-0.1, -0.05) is 18.2 Å². The van der Waals surface area contributed by atoms with Gasteiger partial charge < -0.3 is 14.8 Å². The molecule has 98 valence electrons. The van der Waals surface area contributed by atoms with Crippen molar-refractivity contribution < 1.29 is 9.47 Å². The van der Waals surface area contributed by atoms with E-state index in [2.05, 4.69) is 17.2 Å². The molecule has 1 unspecified atom stereocenters. The van der Waals surface area contributed by atoms with E-state index in [4.69, 9.17) is 9.47 Å². The quantitative estimate of drug-likeness (QED) is 0.913. The number of benzene rings is 1. The molecule has 0 bridgehead atoms. The van der Waals surface area contributed by atoms with Crippen LogP contribution in [0.3, 0.4) is 0 Å². The number of ether oxygens (including phenoxy) is 2. The summed E-state index contributed by atoms with van der Waals surface area (Å²) in [7, 11) is 0. The van der Waals surface area contributed by atoms with Gasteiger partial charge in [0.05, 0.1) is 5.69 Å². The molecule has 0 amide bonds. The van der Waals surface area contributed by atoms with E-state index in [1.165, 1.54) is 0 Å². The summed E-state index contributed by atoms with van der Waals surface area (Å²) in [6.45, 7) is 3.13. The van der Waals surface area contributed by atoms with E-state index in [-0.39, 0.29) is 6.04 Å². The zero-order valence-corrected chi connectivity index (χ0v) is 10.8. The van der Waals surface area contributed by atoms with Crippen LogP contribution in [0, 0.1) is 0 Å². The molecule has 3 rings (SSSR count). The first-order valence-corrected chi connectivity index (χ1v) is 6.36. The topological polar surface area (TPSA) is 43.4 Å². The lowest BCUT2D eigenvalue weighted by Gasteiger charge is -2.14. The number of para-hydroxylation sites is 1. The zero-order valence-electron chi connectivity index (χ0n) is 10.8. The van der Waals surface area contributed by atoms with Crippen LogP contribution < -0.4 is 14.8 Å². The molecule has 1 aromatic carbocycles. The van der Waals surface area contributed by atoms with Gasteiger partial charge in [0.25, 0.3) is 0 Å². The van der Waals surface area contributed by atoms with Crippen molar-refractivity contribution in [2.45, 2.75) is 19.5 Å². The average Bonchev–Trinajstić information content (AvgIpc) is 2.94. The third kappa shape index (κ3) is 2.53. The zero-order chi connectivity index (χ0) is 13.1. The normalized spacial score (nSPS) is 14.4. The number of hydrogen-bond donors (Lipinski definition) is 1. The first-order valence-electron chi connectivity index (χ1n) is 6.36. The predicted molar refractivity (Wildman–Crippen MR) is 72.1 cm³/mol. The minimum atomic E-state index is 0.194. The lowest BCUT2D eigenvalue weighted by atomic mass is 10.1. The van der Waals surface area contributed by atoms with Crippen molar-refractivity contribution >= 4 is 0 Å². The minimum absolute atomic E-state index is 0.194. The van der Waals surface area contributed by atoms with Gasteiger partial charge in [-0.3, -0.25) is 4.98 Å². The van der Waals surface area contributed by atoms with Crippen LogP contribution in [0.4, 0.5) is 0 Å². The highest BCUT2D eigenvalue weighted by molar-refractivity contribution is 5.48. The van der Waals surface area contributed by atoms with Crippen LogP contribution in [-0.2, 0) is 6.54 Å². The molecule has 1 aliphatic heterocycles. The van der Waals surface area contributed by atoms with Gasteiger partial charge >= 0.3 is 0 Å². The fourth-order valence-electron chi connectivity index (χ4n) is 2.13. The molecule has 2 heterocycles. The Morgan fingerprint density at radius 3 is 3.00 bits per heavy atom. The third-order valence-corrected chi connectivity index (χ3v) is 3.21. The summed E-state index contributed by atoms with van der Waals surface area (Å²) < 4.78 is 10.9. The number of hydrogen-bond acceptors (Lipinski definition) is 4. The van der Waals surface area contributed by atoms with Crippen molar-refractivity contribution in [1.82, 2.24) is 10.3 Å². The average molecular weight is 256 g/mol. The molecule has 0 saturated heterocycles. The molecule has 0 aliphatic carbocycles. The third-order valence-electron chi connectivity index (χ3n) is 3.21. The SMILES string of the molecule is CC(NCc1cccc2c1OCO2)c1ccccn1. The van der Waals surface area contributed by atoms with Gasteiger partial charge in [0, 0.05) is 24.3 Å². The molecule has 0 fully saturated rings. The molecular weight excluding hydrogens is 240 g/mol. The fraction of sp³-hybridized carbons (Fsp3) is 0.267. The molecule has 1 atom stereocenters. The smallest absolute Gasteiger partial charge is 0.231 e. The van der Waals surface area contributed by atoms with Gasteiger partial charge in [0.2, 0.25) is 6.79 Å². The molecule has 4 nitrogen and oxygen atoms in total. The number of pyridine rings is 1. The van der Waals surface area contributed by atoms with Crippen molar-refractivity contribution in [1.29, 1.82) is 0 Å². The molecule has 0 spiro atoms. The van der Waals surface area contributed by atoms with Gasteiger partial charge in [0.1, 0.15) is 0 Å². The Morgan fingerprint density at radius 2 is 2.16 bits per heavy atom. The van der Waals surface area contributed by atoms with Crippen LogP contribution in [0.1, 0.15) is 24.2 Å². The number of rotatable bonds is 4. The van der Waals surface area contributed by atoms with Gasteiger partial charge in [-0.15, -0.1) is 0 Å². The van der Waals surface area contributed by atoms with Crippen LogP contribution >= 0.6 is 0 Å². The monoisotopic (exact) mass is 256 g/mol. The maximum Gasteiger partial charge on any atom is 0.231 e. The summed E-state index contributed by atoms with van der Waals surface area (Å²) >= 11 is 0. The molecule has 1 aromatic heterocycles. The van der Waals surface area contributed by atoms with Crippen LogP contribution in [-0.4, -0.2) is 11.8 Å². The second kappa shape index (κ2) is 5.28. The Morgan fingerprint density at radius 1 is 1.21 bits per heavy atom. The van der Waals surface area contributed by atoms with E-state index in [1.807, 2.05) is 42.6 Å². The fourth-order valence-corrected chi connectivity index (χ4v) is 2.13. The highest BCUT2D eigenvalue weighted by Gasteiger charge is 2.17. The Bertz CT molecular complexity index is 557. The van der Waals surface area contributed by atoms with Crippen molar-refractivity contribution in [3.05, 3.63) is 53.9 Å². The Hall–Kier alpha value is -2.07. The van der Waals surface area contributed by atoms with E-state index in [1.54, 1.807) is 0 Å². The predicted octanol–water partition coefficient (Wildman–Crippen LogP) is 2.66. The van der Waals surface area contributed by atoms with Crippen LogP contribution in [0.2, 0.25) is 0 Å². The second-order valence-electron chi connectivity index (χ2n) is 4.51. The molecular formula is C15H16N2O2. The molecule has 1 N–H and O–H groups in total. The number of nitrogens with one attached hydrogen (secondary N) is 1. The van der Waals surface area contributed by atoms with Crippen LogP contribution in [0.15, 0.2) is 42.6 Å². The number of aromatic nitrogens is 1. The first-order chi connectivity index (χ1) is 9.34. The lowest BCUT2D eigenvalue weighted by Crippen LogP contribution is -2.19. The van der Waals surface area contributed by atoms with Gasteiger partial charge in [-0.05, 0) is 25.1 Å². The summed E-state index contributed by atoms with van der Waals surface area (Å²) in [4.78, 5) is 4.34. The lowest BCUT2D eigenvalue weighted by molar-refractivity contribution is 0.173. The molecule has 0 saturated carbocycles. The van der Waals surface area contributed by atoms with E-state index in [0.717, 1.165) is 29.3 Å². The van der Waals surface area contributed by atoms with Gasteiger partial charge in [0.15, 0.2) is 11.5 Å². The Labute approximate surface area is 112 Å². The summed E-state index contributed by atoms with van der Waals surface area (Å²) in [6, 6.07) is 12.1. The van der Waals surface area contributed by atoms with Crippen molar-refractivity contribution in [3.63, 3.8) is 0 Å². The molecule has 4 heteroatoms. The summed E-state index contributed by atoms with van der Waals surface area (Å²) in [5, 5.41) is 3.45. The van der Waals surface area contributed by atoms with Gasteiger partial charge in [-0.25, -0.2) is 0 Å². The summed E-state index contributed by atoms with van der Waals surface area (Å²) in [5.74, 6) is 1.67. The number of fused-ring (bicyclic) bond motifs is 1. The van der Waals surface area contributed by atoms with E-state index in [0.29, 0.717) is 6.79 Å². The Balaban J connectivity index is 1.69. The van der Waals surface area contributed by atoms with E-state index >= 15 is 0 Å². The Kier molecular flexibility index (Phi) is 3.33. The number of nitrogens with zero attached hydrogens (tertiary/aromatic N) is 1. The highest BCUT2D eigenvalue weighted by atomic mass is 16.7. The molecule has 2 aromatic rings. The van der Waals surface area contributed by atoms with Crippen molar-refractivity contribution in [2.75, 3.05) is 6.79 Å². The summed E-state index contributed by atoms with van der Waals surface area (Å²) in [5.41, 5.74) is 2.14. The van der Waals surface area contributed by atoms with E-state index < -0.39 is 0 Å². The van der Waals surface area contributed by atoms with Crippen LogP contribution in [0.25, 0.3) is 0 Å². The maximum absolute atomic E-state index is 5.49. The largest absolute Gasteiger partial charge is 0.454 e. The van der Waals surface area contributed by atoms with Crippen LogP contribution in [0.5, 0.6) is 11.5 Å². The second-order valence-corrected chi connectivity index (χ2v) is 4.51. The molecule has 1 aliphatic rings. The van der Waals surface area contributed by atoms with Crippen molar-refractivity contribution in [2.24, 2.45) is 0 Å². The minimum Gasteiger partial charge on any atom is -0.454 e. The maximum atomic E-state index is 5.49. The van der Waals surface area contributed by atoms with Crippen molar-refractivity contribution in [3.8, 4) is 11.5 Å². The molecule has 19 heavy (non-hydrogen) atoms. The van der Waals surface area contributed by atoms with Gasteiger partial charge in [-0.2, -0.15) is 0 Å². The standard InChI is InChI=1S/C15H16N2O2/c1-11(13-6-2-3-8-16-13)17-9-12-5-4-7-14-15(12)19-10-18-14/h2-8,11,17H,9-10H2,1H3.